The molecule has 1 aliphatic rings. The Morgan fingerprint density at radius 2 is 2.22 bits per heavy atom. The van der Waals surface area contributed by atoms with Crippen LogP contribution >= 0.6 is 11.8 Å². The molecule has 0 saturated carbocycles. The molecule has 0 aliphatic carbocycles. The normalized spacial score (nSPS) is 21.6. The van der Waals surface area contributed by atoms with E-state index >= 15 is 0 Å². The van der Waals surface area contributed by atoms with E-state index in [-0.39, 0.29) is 0 Å². The van der Waals surface area contributed by atoms with Gasteiger partial charge in [0.2, 0.25) is 0 Å². The molecule has 0 saturated heterocycles. The number of thioether (sulfide) groups is 1. The number of fused-ring (bicyclic) bond motifs is 1. The maximum Gasteiger partial charge on any atom is 0.0743 e. The monoisotopic (exact) mass is 265 g/mol. The lowest BCUT2D eigenvalue weighted by Crippen LogP contribution is -2.39. The smallest absolute Gasteiger partial charge is 0.0743 e. The second kappa shape index (κ2) is 6.09. The highest BCUT2D eigenvalue weighted by atomic mass is 32.2. The van der Waals surface area contributed by atoms with E-state index in [0.717, 1.165) is 25.1 Å². The van der Waals surface area contributed by atoms with Crippen molar-refractivity contribution in [3.63, 3.8) is 0 Å². The van der Waals surface area contributed by atoms with E-state index in [2.05, 4.69) is 36.5 Å². The molecule has 2 unspecified atom stereocenters. The molecule has 3 heteroatoms. The summed E-state index contributed by atoms with van der Waals surface area (Å²) in [6, 6.07) is 8.65. The zero-order valence-corrected chi connectivity index (χ0v) is 12.1. The Morgan fingerprint density at radius 1 is 1.44 bits per heavy atom. The second-order valence-corrected chi connectivity index (χ2v) is 6.49. The zero-order valence-electron chi connectivity index (χ0n) is 11.3. The maximum atomic E-state index is 10.1. The van der Waals surface area contributed by atoms with Gasteiger partial charge in [-0.3, -0.25) is 0 Å². The lowest BCUT2D eigenvalue weighted by molar-refractivity contribution is 0.0500. The number of benzene rings is 1. The molecule has 1 aliphatic heterocycles. The van der Waals surface area contributed by atoms with Crippen LogP contribution in [0.3, 0.4) is 0 Å². The van der Waals surface area contributed by atoms with E-state index in [1.54, 1.807) is 0 Å². The van der Waals surface area contributed by atoms with Gasteiger partial charge in [-0.05, 0) is 25.0 Å². The predicted molar refractivity (Wildman–Crippen MR) is 78.3 cm³/mol. The van der Waals surface area contributed by atoms with Gasteiger partial charge in [0.25, 0.3) is 0 Å². The first-order valence-corrected chi connectivity index (χ1v) is 7.76. The topological polar surface area (TPSA) is 32.3 Å². The quantitative estimate of drug-likeness (QED) is 0.829. The minimum Gasteiger partial charge on any atom is -0.389 e. The van der Waals surface area contributed by atoms with E-state index in [0.29, 0.717) is 12.5 Å². The molecule has 0 amide bonds. The third-order valence-corrected chi connectivity index (χ3v) is 4.74. The van der Waals surface area contributed by atoms with Crippen molar-refractivity contribution in [3.8, 4) is 0 Å². The van der Waals surface area contributed by atoms with Crippen LogP contribution in [0.2, 0.25) is 0 Å². The average Bonchev–Trinajstić information content (AvgIpc) is 2.73. The van der Waals surface area contributed by atoms with E-state index in [9.17, 15) is 5.11 Å². The third kappa shape index (κ3) is 3.50. The van der Waals surface area contributed by atoms with Crippen LogP contribution in [0.25, 0.3) is 0 Å². The summed E-state index contributed by atoms with van der Waals surface area (Å²) in [6.07, 6.45) is 1.88. The molecule has 2 nitrogen and oxygen atoms in total. The molecule has 2 atom stereocenters. The highest BCUT2D eigenvalue weighted by Crippen LogP contribution is 2.38. The molecule has 0 spiro atoms. The fourth-order valence-electron chi connectivity index (χ4n) is 2.54. The average molecular weight is 265 g/mol. The van der Waals surface area contributed by atoms with Crippen molar-refractivity contribution in [3.05, 3.63) is 29.8 Å². The van der Waals surface area contributed by atoms with Gasteiger partial charge < -0.3 is 10.4 Å². The van der Waals surface area contributed by atoms with Crippen LogP contribution in [0.15, 0.2) is 29.2 Å². The Labute approximate surface area is 114 Å². The van der Waals surface area contributed by atoms with Crippen molar-refractivity contribution < 1.29 is 5.11 Å². The van der Waals surface area contributed by atoms with E-state index in [4.69, 9.17) is 0 Å². The molecule has 18 heavy (non-hydrogen) atoms. The van der Waals surface area contributed by atoms with Crippen LogP contribution in [0.5, 0.6) is 0 Å². The summed E-state index contributed by atoms with van der Waals surface area (Å²) in [5.74, 6) is 1.74. The van der Waals surface area contributed by atoms with Crippen molar-refractivity contribution in [1.82, 2.24) is 5.32 Å². The summed E-state index contributed by atoms with van der Waals surface area (Å²) in [5, 5.41) is 13.5. The molecule has 1 aromatic rings. The Hall–Kier alpha value is -0.510. The van der Waals surface area contributed by atoms with Crippen LogP contribution in [0, 0.1) is 0 Å². The van der Waals surface area contributed by atoms with Gasteiger partial charge in [-0.1, -0.05) is 31.5 Å². The molecule has 2 N–H and O–H groups in total. The van der Waals surface area contributed by atoms with Crippen LogP contribution in [-0.4, -0.2) is 29.5 Å². The summed E-state index contributed by atoms with van der Waals surface area (Å²) in [6.45, 7) is 5.67. The first-order valence-electron chi connectivity index (χ1n) is 6.77. The maximum absolute atomic E-state index is 10.1. The summed E-state index contributed by atoms with van der Waals surface area (Å²) < 4.78 is 0. The Morgan fingerprint density at radius 3 is 3.00 bits per heavy atom. The van der Waals surface area contributed by atoms with Gasteiger partial charge in [0, 0.05) is 29.7 Å². The number of rotatable bonds is 6. The molecule has 2 rings (SSSR count). The summed E-state index contributed by atoms with van der Waals surface area (Å²) in [5.41, 5.74) is 0.894. The largest absolute Gasteiger partial charge is 0.389 e. The molecule has 0 radical (unpaired) electrons. The van der Waals surface area contributed by atoms with Gasteiger partial charge >= 0.3 is 0 Å². The first-order chi connectivity index (χ1) is 8.62. The fraction of sp³-hybridized carbons (Fsp3) is 0.600. The van der Waals surface area contributed by atoms with E-state index in [1.165, 1.54) is 10.5 Å². The molecule has 1 aromatic carbocycles. The van der Waals surface area contributed by atoms with Gasteiger partial charge in [-0.2, -0.15) is 0 Å². The Kier molecular flexibility index (Phi) is 4.71. The third-order valence-electron chi connectivity index (χ3n) is 3.48. The van der Waals surface area contributed by atoms with Crippen molar-refractivity contribution >= 4 is 11.8 Å². The lowest BCUT2D eigenvalue weighted by atomic mass is 9.99. The van der Waals surface area contributed by atoms with Crippen LogP contribution in [-0.2, 0) is 0 Å². The van der Waals surface area contributed by atoms with Crippen molar-refractivity contribution in [2.45, 2.75) is 43.1 Å². The van der Waals surface area contributed by atoms with Crippen LogP contribution in [0.1, 0.15) is 38.2 Å². The Bertz CT molecular complexity index is 392. The van der Waals surface area contributed by atoms with Gasteiger partial charge in [-0.15, -0.1) is 11.8 Å². The molecule has 0 aromatic heterocycles. The molecular weight excluding hydrogens is 242 g/mol. The lowest BCUT2D eigenvalue weighted by Gasteiger charge is -2.24. The molecular formula is C15H23NOS. The van der Waals surface area contributed by atoms with Crippen LogP contribution in [0.4, 0.5) is 0 Å². The molecule has 100 valence electrons. The minimum atomic E-state index is -0.569. The minimum absolute atomic E-state index is 0.569. The van der Waals surface area contributed by atoms with Crippen LogP contribution < -0.4 is 5.32 Å². The summed E-state index contributed by atoms with van der Waals surface area (Å²) in [4.78, 5) is 1.42. The number of hydrogen-bond acceptors (Lipinski definition) is 3. The number of nitrogens with one attached hydrogen (secondary N) is 1. The standard InChI is InChI=1S/C15H23NOS/c1-3-8-15(2,17)11-16-9-12-10-18-14-7-5-4-6-13(12)14/h4-7,12,16-17H,3,8-11H2,1-2H3. The molecule has 1 heterocycles. The van der Waals surface area contributed by atoms with Gasteiger partial charge in [0.1, 0.15) is 0 Å². The van der Waals surface area contributed by atoms with Crippen molar-refractivity contribution in [1.29, 1.82) is 0 Å². The predicted octanol–water partition coefficient (Wildman–Crippen LogP) is 3.02. The van der Waals surface area contributed by atoms with Gasteiger partial charge in [0.05, 0.1) is 5.60 Å². The highest BCUT2D eigenvalue weighted by molar-refractivity contribution is 7.99. The first kappa shape index (κ1) is 13.9. The molecule has 0 fully saturated rings. The Balaban J connectivity index is 1.82. The summed E-state index contributed by atoms with van der Waals surface area (Å²) in [7, 11) is 0. The second-order valence-electron chi connectivity index (χ2n) is 5.42. The van der Waals surface area contributed by atoms with E-state index < -0.39 is 5.60 Å². The van der Waals surface area contributed by atoms with Crippen molar-refractivity contribution in [2.75, 3.05) is 18.8 Å². The van der Waals surface area contributed by atoms with Crippen molar-refractivity contribution in [2.24, 2.45) is 0 Å². The van der Waals surface area contributed by atoms with E-state index in [1.807, 2.05) is 18.7 Å². The number of aliphatic hydroxyl groups is 1. The fourth-order valence-corrected chi connectivity index (χ4v) is 3.80. The molecule has 0 bridgehead atoms. The van der Waals surface area contributed by atoms with Gasteiger partial charge in [0.15, 0.2) is 0 Å². The SMILES string of the molecule is CCCC(C)(O)CNCC1CSc2ccccc21. The zero-order chi connectivity index (χ0) is 13.0. The van der Waals surface area contributed by atoms with Gasteiger partial charge in [-0.25, -0.2) is 0 Å². The summed E-state index contributed by atoms with van der Waals surface area (Å²) >= 11 is 1.94. The number of hydrogen-bond donors (Lipinski definition) is 2. The highest BCUT2D eigenvalue weighted by Gasteiger charge is 2.24.